The number of nitrogens with zero attached hydrogens (tertiary/aromatic N) is 1. The molecule has 0 radical (unpaired) electrons. The molecule has 2 heteroatoms. The summed E-state index contributed by atoms with van der Waals surface area (Å²) in [6, 6.07) is 21.4. The molecule has 0 amide bonds. The number of benzene rings is 2. The second-order valence-corrected chi connectivity index (χ2v) is 7.43. The molecule has 2 aliphatic rings. The van der Waals surface area contributed by atoms with E-state index in [0.717, 1.165) is 18.5 Å². The molecule has 1 heterocycles. The van der Waals surface area contributed by atoms with Crippen LogP contribution in [0.15, 0.2) is 60.7 Å². The van der Waals surface area contributed by atoms with Gasteiger partial charge in [-0.1, -0.05) is 67.6 Å². The number of fused-ring (bicyclic) bond motifs is 1. The van der Waals surface area contributed by atoms with Crippen molar-refractivity contribution in [3.63, 3.8) is 0 Å². The van der Waals surface area contributed by atoms with Gasteiger partial charge >= 0.3 is 0 Å². The average molecular weight is 319 g/mol. The van der Waals surface area contributed by atoms with E-state index in [1.54, 1.807) is 0 Å². The fourth-order valence-electron chi connectivity index (χ4n) is 4.73. The Balaban J connectivity index is 1.71. The first-order valence-electron chi connectivity index (χ1n) is 9.11. The lowest BCUT2D eigenvalue weighted by Gasteiger charge is -2.44. The van der Waals surface area contributed by atoms with Crippen molar-refractivity contribution in [2.24, 2.45) is 11.8 Å². The highest BCUT2D eigenvalue weighted by atomic mass is 16.1. The molecular formula is C22H25NO. The van der Waals surface area contributed by atoms with Gasteiger partial charge in [-0.25, -0.2) is 0 Å². The van der Waals surface area contributed by atoms with Gasteiger partial charge in [-0.2, -0.15) is 0 Å². The highest BCUT2D eigenvalue weighted by Gasteiger charge is 2.47. The quantitative estimate of drug-likeness (QED) is 0.823. The minimum absolute atomic E-state index is 0.0852. The number of carbonyl (C=O) groups is 1. The van der Waals surface area contributed by atoms with E-state index in [1.165, 1.54) is 18.4 Å². The molecule has 4 rings (SSSR count). The summed E-state index contributed by atoms with van der Waals surface area (Å²) in [6.45, 7) is 3.18. The predicted molar refractivity (Wildman–Crippen MR) is 96.5 cm³/mol. The van der Waals surface area contributed by atoms with E-state index in [-0.39, 0.29) is 6.04 Å². The van der Waals surface area contributed by atoms with E-state index in [1.807, 2.05) is 18.2 Å². The SMILES string of the molecule is C[C@@H]1CC[C@@H]2[C@H]1CC(=O)C(c1ccccc1)N2Cc1ccccc1. The first-order chi connectivity index (χ1) is 11.7. The van der Waals surface area contributed by atoms with E-state index < -0.39 is 0 Å². The van der Waals surface area contributed by atoms with E-state index >= 15 is 0 Å². The summed E-state index contributed by atoms with van der Waals surface area (Å²) in [5.74, 6) is 1.59. The number of likely N-dealkylation sites (tertiary alicyclic amines) is 1. The largest absolute Gasteiger partial charge is 0.298 e. The predicted octanol–water partition coefficient (Wildman–Crippen LogP) is 4.62. The average Bonchev–Trinajstić information content (AvgIpc) is 2.98. The molecule has 4 atom stereocenters. The van der Waals surface area contributed by atoms with Crippen LogP contribution in [0.5, 0.6) is 0 Å². The van der Waals surface area contributed by atoms with Crippen molar-refractivity contribution >= 4 is 5.78 Å². The van der Waals surface area contributed by atoms with Crippen LogP contribution in [0.1, 0.15) is 43.4 Å². The van der Waals surface area contributed by atoms with E-state index in [4.69, 9.17) is 0 Å². The third-order valence-corrected chi connectivity index (χ3v) is 5.97. The minimum atomic E-state index is -0.0852. The second-order valence-electron chi connectivity index (χ2n) is 7.43. The van der Waals surface area contributed by atoms with Gasteiger partial charge in [0.1, 0.15) is 0 Å². The van der Waals surface area contributed by atoms with Gasteiger partial charge in [0.15, 0.2) is 5.78 Å². The van der Waals surface area contributed by atoms with Crippen LogP contribution in [0.2, 0.25) is 0 Å². The molecule has 2 aromatic carbocycles. The molecule has 2 fully saturated rings. The summed E-state index contributed by atoms with van der Waals surface area (Å²) in [5, 5.41) is 0. The molecule has 1 saturated carbocycles. The number of ketones is 1. The van der Waals surface area contributed by atoms with Crippen molar-refractivity contribution in [3.8, 4) is 0 Å². The third kappa shape index (κ3) is 2.80. The zero-order valence-electron chi connectivity index (χ0n) is 14.3. The van der Waals surface area contributed by atoms with Gasteiger partial charge < -0.3 is 0 Å². The van der Waals surface area contributed by atoms with Crippen LogP contribution in [0.4, 0.5) is 0 Å². The number of carbonyl (C=O) groups excluding carboxylic acids is 1. The molecule has 1 unspecified atom stereocenters. The lowest BCUT2D eigenvalue weighted by atomic mass is 9.80. The molecule has 0 spiro atoms. The first-order valence-corrected chi connectivity index (χ1v) is 9.11. The summed E-state index contributed by atoms with van der Waals surface area (Å²) in [7, 11) is 0. The van der Waals surface area contributed by atoms with Gasteiger partial charge in [0, 0.05) is 19.0 Å². The zero-order chi connectivity index (χ0) is 16.5. The minimum Gasteiger partial charge on any atom is -0.298 e. The van der Waals surface area contributed by atoms with Crippen LogP contribution in [0.3, 0.4) is 0 Å². The monoisotopic (exact) mass is 319 g/mol. The molecule has 124 valence electrons. The smallest absolute Gasteiger partial charge is 0.154 e. The number of Topliss-reactive ketones (excluding diaryl/α,β-unsaturated/α-hetero) is 1. The Morgan fingerprint density at radius 3 is 2.33 bits per heavy atom. The van der Waals surface area contributed by atoms with Gasteiger partial charge in [-0.05, 0) is 35.8 Å². The fourth-order valence-corrected chi connectivity index (χ4v) is 4.73. The summed E-state index contributed by atoms with van der Waals surface area (Å²) < 4.78 is 0. The van der Waals surface area contributed by atoms with Crippen molar-refractivity contribution in [2.75, 3.05) is 0 Å². The highest BCUT2D eigenvalue weighted by molar-refractivity contribution is 5.86. The molecule has 1 aliphatic heterocycles. The Labute approximate surface area is 144 Å². The van der Waals surface area contributed by atoms with Crippen LogP contribution in [-0.4, -0.2) is 16.7 Å². The lowest BCUT2D eigenvalue weighted by Crippen LogP contribution is -2.49. The Morgan fingerprint density at radius 2 is 1.62 bits per heavy atom. The molecule has 0 aromatic heterocycles. The Kier molecular flexibility index (Phi) is 4.24. The number of hydrogen-bond acceptors (Lipinski definition) is 2. The standard InChI is InChI=1S/C22H25NO/c1-16-12-13-20-19(16)14-21(24)22(18-10-6-3-7-11-18)23(20)15-17-8-4-2-5-9-17/h2-11,16,19-20,22H,12-15H2,1H3/t16-,19+,20-,22?/m1/s1. The van der Waals surface area contributed by atoms with Crippen LogP contribution >= 0.6 is 0 Å². The van der Waals surface area contributed by atoms with Gasteiger partial charge in [0.25, 0.3) is 0 Å². The van der Waals surface area contributed by atoms with Crippen LogP contribution < -0.4 is 0 Å². The van der Waals surface area contributed by atoms with Crippen molar-refractivity contribution in [2.45, 2.75) is 44.8 Å². The Morgan fingerprint density at radius 1 is 0.958 bits per heavy atom. The van der Waals surface area contributed by atoms with Gasteiger partial charge in [0.2, 0.25) is 0 Å². The summed E-state index contributed by atoms with van der Waals surface area (Å²) >= 11 is 0. The number of rotatable bonds is 3. The van der Waals surface area contributed by atoms with Gasteiger partial charge in [-0.15, -0.1) is 0 Å². The van der Waals surface area contributed by atoms with Crippen molar-refractivity contribution in [3.05, 3.63) is 71.8 Å². The highest BCUT2D eigenvalue weighted by Crippen LogP contribution is 2.46. The van der Waals surface area contributed by atoms with Crippen LogP contribution in [0.25, 0.3) is 0 Å². The first kappa shape index (κ1) is 15.6. The maximum absolute atomic E-state index is 13.0. The second kappa shape index (κ2) is 6.52. The molecule has 1 aliphatic carbocycles. The zero-order valence-corrected chi connectivity index (χ0v) is 14.3. The molecule has 2 nitrogen and oxygen atoms in total. The Bertz CT molecular complexity index is 696. The fraction of sp³-hybridized carbons (Fsp3) is 0.409. The van der Waals surface area contributed by atoms with Crippen molar-refractivity contribution in [1.29, 1.82) is 0 Å². The molecule has 1 saturated heterocycles. The third-order valence-electron chi connectivity index (χ3n) is 5.97. The molecule has 0 N–H and O–H groups in total. The summed E-state index contributed by atoms with van der Waals surface area (Å²) in [6.07, 6.45) is 3.21. The van der Waals surface area contributed by atoms with Crippen LogP contribution in [-0.2, 0) is 11.3 Å². The maximum Gasteiger partial charge on any atom is 0.154 e. The molecule has 24 heavy (non-hydrogen) atoms. The number of hydrogen-bond donors (Lipinski definition) is 0. The van der Waals surface area contributed by atoms with Gasteiger partial charge in [-0.3, -0.25) is 9.69 Å². The number of piperidine rings is 1. The molecular weight excluding hydrogens is 294 g/mol. The normalized spacial score (nSPS) is 30.3. The van der Waals surface area contributed by atoms with Crippen molar-refractivity contribution in [1.82, 2.24) is 4.90 Å². The topological polar surface area (TPSA) is 20.3 Å². The summed E-state index contributed by atoms with van der Waals surface area (Å²) in [5.41, 5.74) is 2.45. The molecule has 0 bridgehead atoms. The van der Waals surface area contributed by atoms with E-state index in [0.29, 0.717) is 23.7 Å². The van der Waals surface area contributed by atoms with Crippen molar-refractivity contribution < 1.29 is 4.79 Å². The Hall–Kier alpha value is -1.93. The summed E-state index contributed by atoms with van der Waals surface area (Å²) in [4.78, 5) is 15.5. The van der Waals surface area contributed by atoms with Gasteiger partial charge in [0.05, 0.1) is 6.04 Å². The van der Waals surface area contributed by atoms with E-state index in [9.17, 15) is 4.79 Å². The van der Waals surface area contributed by atoms with E-state index in [2.05, 4.69) is 54.3 Å². The maximum atomic E-state index is 13.0. The lowest BCUT2D eigenvalue weighted by molar-refractivity contribution is -0.132. The van der Waals surface area contributed by atoms with Crippen LogP contribution in [0, 0.1) is 11.8 Å². The molecule has 2 aromatic rings.